The molecule has 0 aliphatic carbocycles. The van der Waals surface area contributed by atoms with E-state index in [-0.39, 0.29) is 0 Å². The van der Waals surface area contributed by atoms with Gasteiger partial charge in [0, 0.05) is 43.8 Å². The van der Waals surface area contributed by atoms with Crippen molar-refractivity contribution in [2.45, 2.75) is 0 Å². The molecule has 0 saturated heterocycles. The van der Waals surface area contributed by atoms with E-state index in [1.165, 1.54) is 21.9 Å². The molecule has 3 aromatic heterocycles. The number of hydrogen-bond donors (Lipinski definition) is 0. The number of benzene rings is 10. The number of furan rings is 1. The first kappa shape index (κ1) is 39.2. The van der Waals surface area contributed by atoms with Crippen LogP contribution in [-0.2, 0) is 0 Å². The van der Waals surface area contributed by atoms with Crippen LogP contribution in [0.4, 0.5) is 0 Å². The maximum absolute atomic E-state index is 7.12. The summed E-state index contributed by atoms with van der Waals surface area (Å²) in [5.74, 6) is 1.79. The van der Waals surface area contributed by atoms with Crippen LogP contribution < -0.4 is 0 Å². The van der Waals surface area contributed by atoms with Crippen LogP contribution in [0.5, 0.6) is 0 Å². The molecule has 0 bridgehead atoms. The van der Waals surface area contributed by atoms with E-state index in [9.17, 15) is 0 Å². The third kappa shape index (κ3) is 6.84. The van der Waals surface area contributed by atoms with Gasteiger partial charge in [0.25, 0.3) is 0 Å². The van der Waals surface area contributed by atoms with Crippen LogP contribution in [0, 0.1) is 0 Å². The van der Waals surface area contributed by atoms with Gasteiger partial charge in [0.2, 0.25) is 0 Å². The first-order chi connectivity index (χ1) is 33.7. The molecule has 0 amide bonds. The van der Waals surface area contributed by atoms with Crippen LogP contribution in [-0.4, -0.2) is 19.5 Å². The summed E-state index contributed by atoms with van der Waals surface area (Å²) in [6.07, 6.45) is 0. The predicted octanol–water partition coefficient (Wildman–Crippen LogP) is 16.5. The van der Waals surface area contributed by atoms with Crippen LogP contribution in [0.3, 0.4) is 0 Å². The highest BCUT2D eigenvalue weighted by atomic mass is 16.3. The topological polar surface area (TPSA) is 56.7 Å². The van der Waals surface area contributed by atoms with Gasteiger partial charge in [-0.3, -0.25) is 0 Å². The van der Waals surface area contributed by atoms with Crippen LogP contribution in [0.15, 0.2) is 247 Å². The molecule has 0 fully saturated rings. The second-order valence-electron chi connectivity index (χ2n) is 17.2. The van der Waals surface area contributed by atoms with Gasteiger partial charge >= 0.3 is 0 Å². The van der Waals surface area contributed by atoms with Crippen molar-refractivity contribution >= 4 is 43.7 Å². The minimum Gasteiger partial charge on any atom is -0.453 e. The molecular formula is C63H40N4O. The maximum Gasteiger partial charge on any atom is 0.164 e. The number of aromatic nitrogens is 4. The Kier molecular flexibility index (Phi) is 9.43. The van der Waals surface area contributed by atoms with Gasteiger partial charge in [-0.2, -0.15) is 0 Å². The minimum atomic E-state index is 0.586. The first-order valence-corrected chi connectivity index (χ1v) is 22.9. The normalized spacial score (nSPS) is 11.5. The summed E-state index contributed by atoms with van der Waals surface area (Å²) >= 11 is 0. The number of nitrogens with zero attached hydrogens (tertiary/aromatic N) is 4. The molecule has 5 heteroatoms. The van der Waals surface area contributed by atoms with Crippen LogP contribution in [0.1, 0.15) is 0 Å². The molecule has 0 aliphatic rings. The lowest BCUT2D eigenvalue weighted by atomic mass is 10.00. The summed E-state index contributed by atoms with van der Waals surface area (Å²) < 4.78 is 9.47. The zero-order valence-corrected chi connectivity index (χ0v) is 36.8. The Morgan fingerprint density at radius 3 is 1.26 bits per heavy atom. The van der Waals surface area contributed by atoms with Crippen molar-refractivity contribution in [1.29, 1.82) is 0 Å². The molecule has 0 radical (unpaired) electrons. The lowest BCUT2D eigenvalue weighted by molar-refractivity contribution is 0.667. The largest absolute Gasteiger partial charge is 0.453 e. The maximum atomic E-state index is 7.12. The fourth-order valence-corrected chi connectivity index (χ4v) is 9.78. The minimum absolute atomic E-state index is 0.586. The Bertz CT molecular complexity index is 3920. The third-order valence-electron chi connectivity index (χ3n) is 13.0. The average molecular weight is 869 g/mol. The van der Waals surface area contributed by atoms with E-state index in [0.29, 0.717) is 17.5 Å². The quantitative estimate of drug-likeness (QED) is 0.153. The molecule has 13 rings (SSSR count). The van der Waals surface area contributed by atoms with E-state index in [1.807, 2.05) is 12.1 Å². The van der Waals surface area contributed by atoms with Gasteiger partial charge < -0.3 is 8.98 Å². The van der Waals surface area contributed by atoms with Crippen molar-refractivity contribution in [1.82, 2.24) is 19.5 Å². The molecule has 10 aromatic carbocycles. The van der Waals surface area contributed by atoms with Gasteiger partial charge in [-0.25, -0.2) is 15.0 Å². The van der Waals surface area contributed by atoms with Crippen LogP contribution in [0.2, 0.25) is 0 Å². The van der Waals surface area contributed by atoms with Gasteiger partial charge in [0.15, 0.2) is 23.1 Å². The van der Waals surface area contributed by atoms with Crippen molar-refractivity contribution < 1.29 is 4.42 Å². The summed E-state index contributed by atoms with van der Waals surface area (Å²) in [6.45, 7) is 0. The molecule has 0 saturated carbocycles. The third-order valence-corrected chi connectivity index (χ3v) is 13.0. The van der Waals surface area contributed by atoms with E-state index in [2.05, 4.69) is 235 Å². The molecule has 0 atom stereocenters. The smallest absolute Gasteiger partial charge is 0.164 e. The number of fused-ring (bicyclic) bond motifs is 6. The highest BCUT2D eigenvalue weighted by Crippen LogP contribution is 2.42. The summed E-state index contributed by atoms with van der Waals surface area (Å²) in [6, 6.07) is 85.0. The molecule has 5 nitrogen and oxygen atoms in total. The van der Waals surface area contributed by atoms with Crippen molar-refractivity contribution in [3.63, 3.8) is 0 Å². The lowest BCUT2D eigenvalue weighted by Gasteiger charge is -2.11. The Balaban J connectivity index is 0.948. The van der Waals surface area contributed by atoms with Crippen LogP contribution >= 0.6 is 0 Å². The zero-order valence-electron chi connectivity index (χ0n) is 36.8. The summed E-state index contributed by atoms with van der Waals surface area (Å²) in [5, 5.41) is 4.51. The number of hydrogen-bond acceptors (Lipinski definition) is 4. The summed E-state index contributed by atoms with van der Waals surface area (Å²) in [5.41, 5.74) is 16.4. The highest BCUT2D eigenvalue weighted by Gasteiger charge is 2.21. The van der Waals surface area contributed by atoms with E-state index >= 15 is 0 Å². The Labute approximate surface area is 392 Å². The first-order valence-electron chi connectivity index (χ1n) is 22.9. The second-order valence-corrected chi connectivity index (χ2v) is 17.2. The van der Waals surface area contributed by atoms with E-state index in [1.54, 1.807) is 0 Å². The molecule has 0 spiro atoms. The Morgan fingerprint density at radius 2 is 0.676 bits per heavy atom. The Morgan fingerprint density at radius 1 is 0.265 bits per heavy atom. The van der Waals surface area contributed by atoms with E-state index < -0.39 is 0 Å². The summed E-state index contributed by atoms with van der Waals surface area (Å²) in [7, 11) is 0. The molecule has 13 aromatic rings. The van der Waals surface area contributed by atoms with Crippen molar-refractivity contribution in [2.75, 3.05) is 0 Å². The number of para-hydroxylation sites is 3. The van der Waals surface area contributed by atoms with Gasteiger partial charge in [0.1, 0.15) is 5.58 Å². The molecule has 3 heterocycles. The fourth-order valence-electron chi connectivity index (χ4n) is 9.78. The highest BCUT2D eigenvalue weighted by molar-refractivity contribution is 6.15. The van der Waals surface area contributed by atoms with Gasteiger partial charge in [-0.1, -0.05) is 200 Å². The van der Waals surface area contributed by atoms with Crippen molar-refractivity contribution in [3.05, 3.63) is 243 Å². The zero-order chi connectivity index (χ0) is 45.0. The van der Waals surface area contributed by atoms with E-state index in [4.69, 9.17) is 19.4 Å². The van der Waals surface area contributed by atoms with Crippen molar-refractivity contribution in [2.24, 2.45) is 0 Å². The summed E-state index contributed by atoms with van der Waals surface area (Å²) in [4.78, 5) is 15.6. The Hall–Kier alpha value is -9.19. The van der Waals surface area contributed by atoms with Gasteiger partial charge in [-0.15, -0.1) is 0 Å². The average Bonchev–Trinajstić information content (AvgIpc) is 3.97. The molecule has 0 aliphatic heterocycles. The molecule has 0 N–H and O–H groups in total. The molecular weight excluding hydrogens is 829 g/mol. The van der Waals surface area contributed by atoms with Gasteiger partial charge in [0.05, 0.1) is 16.7 Å². The monoisotopic (exact) mass is 868 g/mol. The number of rotatable bonds is 8. The van der Waals surface area contributed by atoms with E-state index in [0.717, 1.165) is 88.7 Å². The molecule has 68 heavy (non-hydrogen) atoms. The standard InChI is InChI=1S/C63H40N4O/c1-4-17-41(18-5-1)44-23-12-26-48(37-44)61-64-62(49-27-13-24-45(38-49)42-19-6-2-7-20-42)66-63(65-61)50-28-14-25-47(39-50)51-30-15-31-53-54-32-16-34-58(60(54)68-59(51)53)67-56-33-11-10-29-52(56)55-40-46(35-36-57(55)67)43-21-8-3-9-22-43/h1-40H. The fraction of sp³-hybridized carbons (Fsp3) is 0. The van der Waals surface area contributed by atoms with Gasteiger partial charge in [-0.05, 0) is 81.4 Å². The molecule has 0 unspecified atom stereocenters. The second kappa shape index (κ2) is 16.4. The molecule has 318 valence electrons. The lowest BCUT2D eigenvalue weighted by Crippen LogP contribution is -2.00. The SMILES string of the molecule is c1ccc(-c2cccc(-c3nc(-c4cccc(-c5ccccc5)c4)nc(-c4cccc(-c5cccc6c5oc5c(-n7c8ccccc8c8cc(-c9ccccc9)ccc87)cccc56)c4)n3)c2)cc1. The van der Waals surface area contributed by atoms with Crippen molar-refractivity contribution in [3.8, 4) is 84.4 Å². The predicted molar refractivity (Wildman–Crippen MR) is 279 cm³/mol. The van der Waals surface area contributed by atoms with Crippen LogP contribution in [0.25, 0.3) is 128 Å².